The second-order valence-corrected chi connectivity index (χ2v) is 32.5. The molecular weight excluding hydrogens is 1050 g/mol. The third-order valence-corrected chi connectivity index (χ3v) is 24.4. The summed E-state index contributed by atoms with van der Waals surface area (Å²) in [6.07, 6.45) is 1.59. The summed E-state index contributed by atoms with van der Waals surface area (Å²) in [5.74, 6) is -0.867. The number of esters is 2. The minimum Gasteiger partial charge on any atom is -0.537 e. The van der Waals surface area contributed by atoms with Gasteiger partial charge in [-0.15, -0.1) is 0 Å². The summed E-state index contributed by atoms with van der Waals surface area (Å²) in [5, 5.41) is 7.35. The predicted molar refractivity (Wildman–Crippen MR) is 283 cm³/mol. The van der Waals surface area contributed by atoms with Gasteiger partial charge in [-0.25, -0.2) is 19.6 Å². The molecule has 4 saturated heterocycles. The van der Waals surface area contributed by atoms with Crippen molar-refractivity contribution in [2.45, 2.75) is 128 Å². The number of hydrogen-bond acceptors (Lipinski definition) is 10. The molecule has 4 aromatic carbocycles. The van der Waals surface area contributed by atoms with Gasteiger partial charge in [-0.1, -0.05) is 158 Å². The Morgan fingerprint density at radius 2 is 0.771 bits per heavy atom. The largest absolute Gasteiger partial charge is 0.537 e. The zero-order valence-corrected chi connectivity index (χ0v) is 47.5. The van der Waals surface area contributed by atoms with Crippen molar-refractivity contribution in [2.75, 3.05) is 14.2 Å². The predicted octanol–water partition coefficient (Wildman–Crippen LogP) is 13.0. The molecule has 4 aromatic rings. The number of benzene rings is 4. The topological polar surface area (TPSA) is 118 Å². The van der Waals surface area contributed by atoms with E-state index < -0.39 is 28.6 Å². The van der Waals surface area contributed by atoms with E-state index in [0.717, 1.165) is 31.2 Å². The summed E-state index contributed by atoms with van der Waals surface area (Å²) in [6.45, 7) is 21.1. The third kappa shape index (κ3) is 10.7. The van der Waals surface area contributed by atoms with Gasteiger partial charge < -0.3 is 18.3 Å². The van der Waals surface area contributed by atoms with Crippen LogP contribution in [0, 0.1) is 0 Å². The number of hydrazine groups is 2. The van der Waals surface area contributed by atoms with Crippen LogP contribution >= 0.6 is 31.9 Å². The maximum Gasteiger partial charge on any atom is 0.373 e. The lowest BCUT2D eigenvalue weighted by Gasteiger charge is -2.37. The maximum absolute atomic E-state index is 13.5. The Bertz CT molecular complexity index is 2470. The van der Waals surface area contributed by atoms with Crippen LogP contribution in [-0.2, 0) is 37.5 Å². The van der Waals surface area contributed by atoms with Gasteiger partial charge in [0.2, 0.25) is 23.3 Å². The molecule has 8 rings (SSSR count). The van der Waals surface area contributed by atoms with E-state index in [2.05, 4.69) is 158 Å². The van der Waals surface area contributed by atoms with E-state index in [-0.39, 0.29) is 57.6 Å². The van der Waals surface area contributed by atoms with Gasteiger partial charge in [0.05, 0.1) is 62.6 Å². The smallest absolute Gasteiger partial charge is 0.373 e. The minimum absolute atomic E-state index is 0.0475. The first-order valence-corrected chi connectivity index (χ1v) is 31.1. The Labute approximate surface area is 432 Å². The van der Waals surface area contributed by atoms with Gasteiger partial charge in [-0.2, -0.15) is 10.0 Å². The molecule has 12 nitrogen and oxygen atoms in total. The van der Waals surface area contributed by atoms with Crippen LogP contribution < -0.4 is 0 Å². The quantitative estimate of drug-likeness (QED) is 0.0657. The summed E-state index contributed by atoms with van der Waals surface area (Å²) >= 11 is 7.04. The van der Waals surface area contributed by atoms with E-state index in [4.69, 9.17) is 18.3 Å². The Hall–Kier alpha value is -4.85. The van der Waals surface area contributed by atoms with E-state index in [1.54, 1.807) is 10.0 Å². The zero-order valence-electron chi connectivity index (χ0n) is 42.3. The van der Waals surface area contributed by atoms with Gasteiger partial charge in [0, 0.05) is 21.8 Å². The molecule has 4 fully saturated rings. The summed E-state index contributed by atoms with van der Waals surface area (Å²) in [5.41, 5.74) is 5.44. The van der Waals surface area contributed by atoms with Crippen molar-refractivity contribution in [3.8, 4) is 0 Å². The number of hydrogen-bond donors (Lipinski definition) is 0. The number of halogens is 2. The Morgan fingerprint density at radius 3 is 1.06 bits per heavy atom. The maximum atomic E-state index is 13.5. The van der Waals surface area contributed by atoms with Crippen molar-refractivity contribution in [1.29, 1.82) is 0 Å². The van der Waals surface area contributed by atoms with Crippen LogP contribution in [0.25, 0.3) is 0 Å². The Balaban J connectivity index is 0.000000206. The highest BCUT2D eigenvalue weighted by Crippen LogP contribution is 2.53. The van der Waals surface area contributed by atoms with E-state index >= 15 is 0 Å². The first-order chi connectivity index (χ1) is 32.9. The first-order valence-electron chi connectivity index (χ1n) is 23.7. The second-order valence-electron chi connectivity index (χ2n) is 21.2. The molecule has 4 aliphatic rings. The summed E-state index contributed by atoms with van der Waals surface area (Å²) in [4.78, 5) is 53.2. The van der Waals surface area contributed by atoms with Gasteiger partial charge >= 0.3 is 11.9 Å². The number of fused-ring (bicyclic) bond motifs is 2. The minimum atomic E-state index is -2.39. The summed E-state index contributed by atoms with van der Waals surface area (Å²) < 4.78 is 25.4. The van der Waals surface area contributed by atoms with Crippen LogP contribution in [0.1, 0.15) is 114 Å². The number of methoxy groups -OCH3 is 2. The van der Waals surface area contributed by atoms with Crippen molar-refractivity contribution in [2.24, 2.45) is 0 Å². The summed E-state index contributed by atoms with van der Waals surface area (Å²) in [7, 11) is -2.07. The molecule has 0 aromatic heterocycles. The van der Waals surface area contributed by atoms with E-state index in [0.29, 0.717) is 37.1 Å². The fourth-order valence-electron chi connectivity index (χ4n) is 8.87. The third-order valence-electron chi connectivity index (χ3n) is 14.7. The number of amides is 2. The van der Waals surface area contributed by atoms with E-state index in [1.807, 2.05) is 60.7 Å². The molecule has 0 N–H and O–H groups in total. The lowest BCUT2D eigenvalue weighted by atomic mass is 9.98. The fourth-order valence-corrected chi connectivity index (χ4v) is 11.4. The lowest BCUT2D eigenvalue weighted by Crippen LogP contribution is -2.43. The Morgan fingerprint density at radius 1 is 0.486 bits per heavy atom. The molecule has 0 bridgehead atoms. The van der Waals surface area contributed by atoms with Gasteiger partial charge in [-0.3, -0.25) is 9.59 Å². The number of ether oxygens (including phenoxy) is 2. The molecule has 0 saturated carbocycles. The number of carbonyl (C=O) groups excluding carboxylic acids is 4. The molecular formula is C54H66Br2N4O8Si2. The molecule has 4 heterocycles. The van der Waals surface area contributed by atoms with Crippen LogP contribution in [0.15, 0.2) is 141 Å². The van der Waals surface area contributed by atoms with Crippen molar-refractivity contribution >= 4 is 72.2 Å². The van der Waals surface area contributed by atoms with E-state index in [9.17, 15) is 19.2 Å². The van der Waals surface area contributed by atoms with Gasteiger partial charge in [0.15, 0.2) is 0 Å². The summed E-state index contributed by atoms with van der Waals surface area (Å²) in [6, 6.07) is 35.9. The van der Waals surface area contributed by atoms with Crippen LogP contribution in [0.2, 0.25) is 36.3 Å². The van der Waals surface area contributed by atoms with Crippen molar-refractivity contribution < 1.29 is 37.5 Å². The molecule has 16 heteroatoms. The van der Waals surface area contributed by atoms with Crippen LogP contribution in [0.5, 0.6) is 0 Å². The van der Waals surface area contributed by atoms with Gasteiger partial charge in [-0.05, 0) is 82.8 Å². The normalized spacial score (nSPS) is 22.3. The molecule has 4 aliphatic heterocycles. The molecule has 0 unspecified atom stereocenters. The van der Waals surface area contributed by atoms with E-state index in [1.165, 1.54) is 14.2 Å². The average molecular weight is 1120 g/mol. The fraction of sp³-hybridized carbons (Fsp3) is 0.407. The Kier molecular flexibility index (Phi) is 15.7. The SMILES string of the molecule is COC(=O)/C(O[Si](C)(C)C(C)(C)C)=C1/C[C@@H](c2ccc(Br)cc2)N2[C@@H](c3ccccc3)CC(=O)N12.COC(=O)/C(O[Si](C)(C)C(C)(C)C)=C1/C[C@H](c2ccc(Br)cc2)N2[C@H](c3ccccc3)CC(=O)N12. The number of rotatable bonds is 10. The molecule has 70 heavy (non-hydrogen) atoms. The monoisotopic (exact) mass is 1110 g/mol. The highest BCUT2D eigenvalue weighted by molar-refractivity contribution is 9.10. The van der Waals surface area contributed by atoms with Crippen LogP contribution in [-0.4, -0.2) is 74.6 Å². The highest BCUT2D eigenvalue weighted by Gasteiger charge is 2.54. The molecule has 2 amide bonds. The number of carbonyl (C=O) groups is 4. The second kappa shape index (κ2) is 20.7. The molecule has 0 radical (unpaired) electrons. The van der Waals surface area contributed by atoms with Gasteiger partial charge in [0.1, 0.15) is 0 Å². The van der Waals surface area contributed by atoms with Crippen molar-refractivity contribution in [1.82, 2.24) is 20.0 Å². The van der Waals surface area contributed by atoms with Crippen molar-refractivity contribution in [3.05, 3.63) is 163 Å². The van der Waals surface area contributed by atoms with Crippen LogP contribution in [0.3, 0.4) is 0 Å². The highest BCUT2D eigenvalue weighted by atomic mass is 79.9. The first kappa shape index (κ1) is 53.0. The molecule has 372 valence electrons. The molecule has 4 atom stereocenters. The zero-order chi connectivity index (χ0) is 51.1. The van der Waals surface area contributed by atoms with Gasteiger partial charge in [0.25, 0.3) is 16.6 Å². The average Bonchev–Trinajstić information content (AvgIpc) is 4.08. The number of nitrogens with zero attached hydrogens (tertiary/aromatic N) is 4. The van der Waals surface area contributed by atoms with Crippen LogP contribution in [0.4, 0.5) is 0 Å². The molecule has 0 aliphatic carbocycles. The lowest BCUT2D eigenvalue weighted by molar-refractivity contribution is -0.141. The van der Waals surface area contributed by atoms with Crippen molar-refractivity contribution in [3.63, 3.8) is 0 Å². The standard InChI is InChI=1S/2C27H33BrN2O4Si/c2*1-27(2,3)35(5,6)34-25(26(32)33-4)23-16-21(19-12-14-20(28)15-13-19)29-22(17-24(31)30(23)29)18-10-8-7-9-11-18/h2*7-15,21-22H,16-17H2,1-6H3/b2*25-23+/t2*21-,22+/m10/s1. The molecule has 0 spiro atoms.